The first kappa shape index (κ1) is 17.8. The molecule has 1 aliphatic rings. The van der Waals surface area contributed by atoms with Gasteiger partial charge in [-0.15, -0.1) is 0 Å². The molecule has 0 spiro atoms. The summed E-state index contributed by atoms with van der Waals surface area (Å²) < 4.78 is 6.98. The molecular formula is C20H14Br2O3. The van der Waals surface area contributed by atoms with E-state index in [1.54, 1.807) is 6.92 Å². The molecule has 3 nitrogen and oxygen atoms in total. The minimum atomic E-state index is -0.589. The number of carbonyl (C=O) groups excluding carboxylic acids is 2. The molecule has 3 rings (SSSR count). The standard InChI is InChI=1S/C20H14Br2O3/c1-2-25-20(24)19-17(23)11-16(12-3-7-14(21)8-4-12)18(19)13-5-9-15(22)10-6-13/h3-11H,2H2,1H3. The van der Waals surface area contributed by atoms with Gasteiger partial charge in [-0.05, 0) is 54.0 Å². The number of rotatable bonds is 4. The summed E-state index contributed by atoms with van der Waals surface area (Å²) in [6.45, 7) is 1.94. The van der Waals surface area contributed by atoms with Gasteiger partial charge in [0.1, 0.15) is 5.57 Å². The lowest BCUT2D eigenvalue weighted by Crippen LogP contribution is -2.13. The van der Waals surface area contributed by atoms with Crippen molar-refractivity contribution in [3.63, 3.8) is 0 Å². The van der Waals surface area contributed by atoms with Crippen LogP contribution in [0.1, 0.15) is 18.1 Å². The zero-order valence-corrected chi connectivity index (χ0v) is 16.6. The zero-order chi connectivity index (χ0) is 18.0. The van der Waals surface area contributed by atoms with E-state index in [1.807, 2.05) is 48.5 Å². The van der Waals surface area contributed by atoms with Crippen molar-refractivity contribution in [2.75, 3.05) is 6.61 Å². The van der Waals surface area contributed by atoms with Gasteiger partial charge < -0.3 is 4.74 Å². The summed E-state index contributed by atoms with van der Waals surface area (Å²) in [6, 6.07) is 15.2. The summed E-state index contributed by atoms with van der Waals surface area (Å²) in [4.78, 5) is 24.9. The molecule has 0 heterocycles. The molecule has 0 atom stereocenters. The first-order chi connectivity index (χ1) is 12.0. The summed E-state index contributed by atoms with van der Waals surface area (Å²) >= 11 is 6.82. The van der Waals surface area contributed by atoms with E-state index < -0.39 is 5.97 Å². The van der Waals surface area contributed by atoms with Crippen molar-refractivity contribution in [2.24, 2.45) is 0 Å². The maximum Gasteiger partial charge on any atom is 0.342 e. The van der Waals surface area contributed by atoms with E-state index in [-0.39, 0.29) is 18.0 Å². The topological polar surface area (TPSA) is 43.4 Å². The molecule has 0 fully saturated rings. The van der Waals surface area contributed by atoms with E-state index in [9.17, 15) is 9.59 Å². The highest BCUT2D eigenvalue weighted by molar-refractivity contribution is 9.10. The molecule has 25 heavy (non-hydrogen) atoms. The van der Waals surface area contributed by atoms with Gasteiger partial charge in [-0.25, -0.2) is 4.79 Å². The monoisotopic (exact) mass is 460 g/mol. The largest absolute Gasteiger partial charge is 0.462 e. The Kier molecular flexibility index (Phi) is 5.35. The third-order valence-electron chi connectivity index (χ3n) is 3.81. The fourth-order valence-corrected chi connectivity index (χ4v) is 3.24. The third-order valence-corrected chi connectivity index (χ3v) is 4.87. The first-order valence-corrected chi connectivity index (χ1v) is 9.29. The lowest BCUT2D eigenvalue weighted by atomic mass is 9.93. The van der Waals surface area contributed by atoms with Crippen LogP contribution < -0.4 is 0 Å². The van der Waals surface area contributed by atoms with Crippen LogP contribution in [0, 0.1) is 0 Å². The number of esters is 1. The van der Waals surface area contributed by atoms with Crippen molar-refractivity contribution in [3.8, 4) is 0 Å². The molecule has 0 radical (unpaired) electrons. The Morgan fingerprint density at radius 2 is 1.44 bits per heavy atom. The van der Waals surface area contributed by atoms with Crippen LogP contribution >= 0.6 is 31.9 Å². The van der Waals surface area contributed by atoms with E-state index in [2.05, 4.69) is 31.9 Å². The van der Waals surface area contributed by atoms with Crippen LogP contribution in [-0.4, -0.2) is 18.4 Å². The number of benzene rings is 2. The normalized spacial score (nSPS) is 13.9. The van der Waals surface area contributed by atoms with Crippen LogP contribution in [-0.2, 0) is 14.3 Å². The van der Waals surface area contributed by atoms with Crippen molar-refractivity contribution in [2.45, 2.75) is 6.92 Å². The van der Waals surface area contributed by atoms with E-state index >= 15 is 0 Å². The average Bonchev–Trinajstić information content (AvgIpc) is 2.94. The van der Waals surface area contributed by atoms with Crippen LogP contribution in [0.5, 0.6) is 0 Å². The summed E-state index contributed by atoms with van der Waals surface area (Å²) in [5.74, 6) is -0.914. The molecule has 0 unspecified atom stereocenters. The molecule has 0 bridgehead atoms. The van der Waals surface area contributed by atoms with Crippen molar-refractivity contribution < 1.29 is 14.3 Å². The highest BCUT2D eigenvalue weighted by Gasteiger charge is 2.32. The molecule has 5 heteroatoms. The van der Waals surface area contributed by atoms with Crippen LogP contribution in [0.25, 0.3) is 11.1 Å². The van der Waals surface area contributed by atoms with Gasteiger partial charge in [0.2, 0.25) is 0 Å². The van der Waals surface area contributed by atoms with Gasteiger partial charge in [0, 0.05) is 14.5 Å². The Morgan fingerprint density at radius 3 is 1.96 bits per heavy atom. The van der Waals surface area contributed by atoms with Gasteiger partial charge in [0.05, 0.1) is 6.61 Å². The zero-order valence-electron chi connectivity index (χ0n) is 13.4. The van der Waals surface area contributed by atoms with Crippen molar-refractivity contribution in [1.29, 1.82) is 0 Å². The van der Waals surface area contributed by atoms with Crippen LogP contribution in [0.15, 0.2) is 69.1 Å². The predicted octanol–water partition coefficient (Wildman–Crippen LogP) is 5.19. The summed E-state index contributed by atoms with van der Waals surface area (Å²) in [5, 5.41) is 0. The second-order valence-corrected chi connectivity index (χ2v) is 7.24. The van der Waals surface area contributed by atoms with Gasteiger partial charge in [-0.2, -0.15) is 0 Å². The minimum Gasteiger partial charge on any atom is -0.462 e. The Bertz CT molecular complexity index is 892. The maximum atomic E-state index is 12.5. The van der Waals surface area contributed by atoms with Gasteiger partial charge in [0.15, 0.2) is 5.78 Å². The SMILES string of the molecule is CCOC(=O)C1=C(c2ccc(Br)cc2)C(c2ccc(Br)cc2)=CC1=O. The molecule has 0 aliphatic heterocycles. The number of carbonyl (C=O) groups is 2. The van der Waals surface area contributed by atoms with Crippen LogP contribution in [0.2, 0.25) is 0 Å². The summed E-state index contributed by atoms with van der Waals surface area (Å²) in [7, 11) is 0. The number of ketones is 1. The van der Waals surface area contributed by atoms with E-state index in [0.717, 1.165) is 25.6 Å². The molecule has 0 saturated carbocycles. The van der Waals surface area contributed by atoms with Gasteiger partial charge in [-0.3, -0.25) is 4.79 Å². The van der Waals surface area contributed by atoms with E-state index in [4.69, 9.17) is 4.74 Å². The van der Waals surface area contributed by atoms with Crippen LogP contribution in [0.3, 0.4) is 0 Å². The maximum absolute atomic E-state index is 12.5. The predicted molar refractivity (Wildman–Crippen MR) is 105 cm³/mol. The molecule has 0 amide bonds. The summed E-state index contributed by atoms with van der Waals surface area (Å²) in [5.41, 5.74) is 3.09. The molecule has 2 aromatic rings. The average molecular weight is 462 g/mol. The number of hydrogen-bond donors (Lipinski definition) is 0. The van der Waals surface area contributed by atoms with E-state index in [0.29, 0.717) is 5.57 Å². The van der Waals surface area contributed by atoms with Gasteiger partial charge in [0.25, 0.3) is 0 Å². The van der Waals surface area contributed by atoms with Crippen molar-refractivity contribution >= 4 is 54.8 Å². The second kappa shape index (κ2) is 7.50. The quantitative estimate of drug-likeness (QED) is 0.464. The summed E-state index contributed by atoms with van der Waals surface area (Å²) in [6.07, 6.45) is 1.51. The highest BCUT2D eigenvalue weighted by Crippen LogP contribution is 2.40. The minimum absolute atomic E-state index is 0.0853. The van der Waals surface area contributed by atoms with Gasteiger partial charge in [-0.1, -0.05) is 56.1 Å². The fraction of sp³-hybridized carbons (Fsp3) is 0.100. The van der Waals surface area contributed by atoms with Crippen molar-refractivity contribution in [3.05, 3.63) is 80.3 Å². The molecular weight excluding hydrogens is 448 g/mol. The molecule has 0 aromatic heterocycles. The Labute approximate surface area is 162 Å². The fourth-order valence-electron chi connectivity index (χ4n) is 2.71. The van der Waals surface area contributed by atoms with Gasteiger partial charge >= 0.3 is 5.97 Å². The number of allylic oxidation sites excluding steroid dienone is 3. The number of ether oxygens (including phenoxy) is 1. The Morgan fingerprint density at radius 1 is 0.920 bits per heavy atom. The first-order valence-electron chi connectivity index (χ1n) is 7.71. The highest BCUT2D eigenvalue weighted by atomic mass is 79.9. The molecule has 2 aromatic carbocycles. The Balaban J connectivity index is 2.18. The smallest absolute Gasteiger partial charge is 0.342 e. The number of hydrogen-bond acceptors (Lipinski definition) is 3. The lowest BCUT2D eigenvalue weighted by molar-refractivity contribution is -0.139. The molecule has 126 valence electrons. The molecule has 1 aliphatic carbocycles. The van der Waals surface area contributed by atoms with Crippen molar-refractivity contribution in [1.82, 2.24) is 0 Å². The number of halogens is 2. The Hall–Kier alpha value is -1.98. The third kappa shape index (κ3) is 3.67. The molecule has 0 saturated heterocycles. The van der Waals surface area contributed by atoms with Crippen LogP contribution in [0.4, 0.5) is 0 Å². The van der Waals surface area contributed by atoms with E-state index in [1.165, 1.54) is 6.08 Å². The second-order valence-electron chi connectivity index (χ2n) is 5.41. The molecule has 0 N–H and O–H groups in total. The lowest BCUT2D eigenvalue weighted by Gasteiger charge is -2.12.